The van der Waals surface area contributed by atoms with Crippen molar-refractivity contribution in [2.75, 3.05) is 18.5 Å². The Balaban J connectivity index is 2.88. The van der Waals surface area contributed by atoms with Crippen molar-refractivity contribution in [2.24, 2.45) is 0 Å². The van der Waals surface area contributed by atoms with Crippen molar-refractivity contribution in [1.82, 2.24) is 0 Å². The quantitative estimate of drug-likeness (QED) is 0.743. The van der Waals surface area contributed by atoms with E-state index in [1.807, 2.05) is 18.2 Å². The molecule has 102 valence electrons. The minimum Gasteiger partial charge on any atom is -0.490 e. The van der Waals surface area contributed by atoms with Crippen LogP contribution < -0.4 is 9.47 Å². The maximum atomic E-state index is 9.80. The van der Waals surface area contributed by atoms with Crippen LogP contribution in [0.3, 0.4) is 0 Å². The molecule has 0 heterocycles. The average Bonchev–Trinajstić information content (AvgIpc) is 2.42. The van der Waals surface area contributed by atoms with Gasteiger partial charge in [-0.05, 0) is 30.5 Å². The molecule has 0 radical (unpaired) electrons. The van der Waals surface area contributed by atoms with Crippen LogP contribution in [0.5, 0.6) is 11.5 Å². The highest BCUT2D eigenvalue weighted by atomic mass is 79.9. The van der Waals surface area contributed by atoms with Gasteiger partial charge < -0.3 is 14.6 Å². The second kappa shape index (κ2) is 8.38. The Hall–Kier alpha value is -0.740. The number of halogens is 1. The molecule has 0 bridgehead atoms. The number of rotatable bonds is 8. The highest BCUT2D eigenvalue weighted by Crippen LogP contribution is 2.31. The molecular formula is C14H21BrO3. The predicted molar refractivity (Wildman–Crippen MR) is 76.8 cm³/mol. The highest BCUT2D eigenvalue weighted by molar-refractivity contribution is 9.09. The van der Waals surface area contributed by atoms with E-state index in [0.29, 0.717) is 24.3 Å². The number of hydrogen-bond donors (Lipinski definition) is 1. The molecule has 0 saturated heterocycles. The molecule has 1 aromatic carbocycles. The SMILES string of the molecule is CCCOc1ccc([C@@H](O)CBr)cc1OCCC. The molecule has 0 spiro atoms. The molecular weight excluding hydrogens is 296 g/mol. The van der Waals surface area contributed by atoms with Crippen LogP contribution in [-0.4, -0.2) is 23.7 Å². The third kappa shape index (κ3) is 4.50. The zero-order valence-corrected chi connectivity index (χ0v) is 12.6. The summed E-state index contributed by atoms with van der Waals surface area (Å²) >= 11 is 3.27. The molecule has 1 N–H and O–H groups in total. The van der Waals surface area contributed by atoms with Gasteiger partial charge in [-0.25, -0.2) is 0 Å². The highest BCUT2D eigenvalue weighted by Gasteiger charge is 2.11. The lowest BCUT2D eigenvalue weighted by molar-refractivity contribution is 0.204. The molecule has 0 unspecified atom stereocenters. The van der Waals surface area contributed by atoms with Crippen molar-refractivity contribution in [1.29, 1.82) is 0 Å². The molecule has 1 atom stereocenters. The van der Waals surface area contributed by atoms with E-state index in [0.717, 1.165) is 24.2 Å². The van der Waals surface area contributed by atoms with E-state index in [-0.39, 0.29) is 0 Å². The van der Waals surface area contributed by atoms with Gasteiger partial charge in [0.25, 0.3) is 0 Å². The molecule has 0 saturated carbocycles. The largest absolute Gasteiger partial charge is 0.490 e. The normalized spacial score (nSPS) is 12.2. The molecule has 3 nitrogen and oxygen atoms in total. The second-order valence-corrected chi connectivity index (χ2v) is 4.72. The van der Waals surface area contributed by atoms with Crippen molar-refractivity contribution in [3.8, 4) is 11.5 Å². The molecule has 0 aliphatic carbocycles. The van der Waals surface area contributed by atoms with Crippen LogP contribution in [0, 0.1) is 0 Å². The zero-order chi connectivity index (χ0) is 13.4. The van der Waals surface area contributed by atoms with Gasteiger partial charge in [0.15, 0.2) is 11.5 Å². The minimum absolute atomic E-state index is 0.509. The topological polar surface area (TPSA) is 38.7 Å². The fourth-order valence-corrected chi connectivity index (χ4v) is 1.85. The van der Waals surface area contributed by atoms with Crippen molar-refractivity contribution in [3.05, 3.63) is 23.8 Å². The van der Waals surface area contributed by atoms with Crippen LogP contribution in [0.4, 0.5) is 0 Å². The maximum absolute atomic E-state index is 9.80. The van der Waals surface area contributed by atoms with Crippen LogP contribution in [0.1, 0.15) is 38.4 Å². The number of aliphatic hydroxyl groups excluding tert-OH is 1. The van der Waals surface area contributed by atoms with E-state index >= 15 is 0 Å². The summed E-state index contributed by atoms with van der Waals surface area (Å²) in [6.45, 7) is 5.44. The molecule has 18 heavy (non-hydrogen) atoms. The molecule has 1 rings (SSSR count). The van der Waals surface area contributed by atoms with E-state index in [1.54, 1.807) is 0 Å². The van der Waals surface area contributed by atoms with Gasteiger partial charge in [-0.2, -0.15) is 0 Å². The number of alkyl halides is 1. The Bertz CT molecular complexity index is 355. The summed E-state index contributed by atoms with van der Waals surface area (Å²) in [6.07, 6.45) is 1.38. The van der Waals surface area contributed by atoms with Gasteiger partial charge in [-0.3, -0.25) is 0 Å². The molecule has 0 aliphatic heterocycles. The molecule has 0 fully saturated rings. The van der Waals surface area contributed by atoms with Crippen LogP contribution >= 0.6 is 15.9 Å². The fourth-order valence-electron chi connectivity index (χ4n) is 1.48. The van der Waals surface area contributed by atoms with Crippen LogP contribution in [0.25, 0.3) is 0 Å². The first-order valence-corrected chi connectivity index (χ1v) is 7.48. The molecule has 0 aromatic heterocycles. The number of hydrogen-bond acceptors (Lipinski definition) is 3. The average molecular weight is 317 g/mol. The monoisotopic (exact) mass is 316 g/mol. The Kier molecular flexibility index (Phi) is 7.13. The maximum Gasteiger partial charge on any atom is 0.161 e. The van der Waals surface area contributed by atoms with Gasteiger partial charge in [0.2, 0.25) is 0 Å². The van der Waals surface area contributed by atoms with Crippen LogP contribution in [0.15, 0.2) is 18.2 Å². The smallest absolute Gasteiger partial charge is 0.161 e. The van der Waals surface area contributed by atoms with E-state index in [1.165, 1.54) is 0 Å². The summed E-state index contributed by atoms with van der Waals surface area (Å²) in [7, 11) is 0. The Morgan fingerprint density at radius 2 is 1.72 bits per heavy atom. The summed E-state index contributed by atoms with van der Waals surface area (Å²) in [5.41, 5.74) is 0.835. The van der Waals surface area contributed by atoms with Gasteiger partial charge in [0.05, 0.1) is 19.3 Å². The predicted octanol–water partition coefficient (Wildman–Crippen LogP) is 3.69. The van der Waals surface area contributed by atoms with Gasteiger partial charge in [-0.15, -0.1) is 0 Å². The molecule has 0 amide bonds. The van der Waals surface area contributed by atoms with E-state index in [9.17, 15) is 5.11 Å². The Morgan fingerprint density at radius 1 is 1.11 bits per heavy atom. The lowest BCUT2D eigenvalue weighted by Gasteiger charge is -2.15. The first kappa shape index (κ1) is 15.3. The van der Waals surface area contributed by atoms with Crippen LogP contribution in [0.2, 0.25) is 0 Å². The minimum atomic E-state index is -0.519. The molecule has 4 heteroatoms. The lowest BCUT2D eigenvalue weighted by atomic mass is 10.1. The van der Waals surface area contributed by atoms with Gasteiger partial charge in [0, 0.05) is 5.33 Å². The third-order valence-electron chi connectivity index (χ3n) is 2.42. The first-order valence-electron chi connectivity index (χ1n) is 6.36. The van der Waals surface area contributed by atoms with Crippen molar-refractivity contribution in [3.63, 3.8) is 0 Å². The first-order chi connectivity index (χ1) is 8.72. The second-order valence-electron chi connectivity index (χ2n) is 4.07. The third-order valence-corrected chi connectivity index (χ3v) is 3.04. The van der Waals surface area contributed by atoms with Crippen LogP contribution in [-0.2, 0) is 0 Å². The number of ether oxygens (including phenoxy) is 2. The van der Waals surface area contributed by atoms with Gasteiger partial charge >= 0.3 is 0 Å². The van der Waals surface area contributed by atoms with Crippen molar-refractivity contribution in [2.45, 2.75) is 32.8 Å². The van der Waals surface area contributed by atoms with E-state index in [4.69, 9.17) is 9.47 Å². The fraction of sp³-hybridized carbons (Fsp3) is 0.571. The van der Waals surface area contributed by atoms with Crippen molar-refractivity contribution < 1.29 is 14.6 Å². The Morgan fingerprint density at radius 3 is 2.28 bits per heavy atom. The summed E-state index contributed by atoms with van der Waals surface area (Å²) < 4.78 is 11.3. The zero-order valence-electron chi connectivity index (χ0n) is 11.0. The summed E-state index contributed by atoms with van der Waals surface area (Å²) in [4.78, 5) is 0. The molecule has 1 aromatic rings. The summed E-state index contributed by atoms with van der Waals surface area (Å²) in [5, 5.41) is 10.3. The van der Waals surface area contributed by atoms with Crippen molar-refractivity contribution >= 4 is 15.9 Å². The molecule has 0 aliphatic rings. The van der Waals surface area contributed by atoms with Gasteiger partial charge in [0.1, 0.15) is 0 Å². The van der Waals surface area contributed by atoms with Gasteiger partial charge in [-0.1, -0.05) is 35.8 Å². The standard InChI is InChI=1S/C14H21BrO3/c1-3-7-17-13-6-5-11(12(16)10-15)9-14(13)18-8-4-2/h5-6,9,12,16H,3-4,7-8,10H2,1-2H3/t12-/m0/s1. The number of benzene rings is 1. The number of aliphatic hydroxyl groups is 1. The van der Waals surface area contributed by atoms with E-state index < -0.39 is 6.10 Å². The van der Waals surface area contributed by atoms with E-state index in [2.05, 4.69) is 29.8 Å². The lowest BCUT2D eigenvalue weighted by Crippen LogP contribution is -2.04. The Labute approximate surface area is 117 Å². The summed E-state index contributed by atoms with van der Waals surface area (Å²) in [6, 6.07) is 5.59. The summed E-state index contributed by atoms with van der Waals surface area (Å²) in [5.74, 6) is 1.46.